The number of rotatable bonds is 5. The Labute approximate surface area is 151 Å². The molecule has 8 heteroatoms. The Morgan fingerprint density at radius 1 is 1.08 bits per heavy atom. The molecule has 1 amide bonds. The summed E-state index contributed by atoms with van der Waals surface area (Å²) in [6.07, 6.45) is 2.98. The third-order valence-electron chi connectivity index (χ3n) is 3.25. The summed E-state index contributed by atoms with van der Waals surface area (Å²) >= 11 is 3.31. The van der Waals surface area contributed by atoms with E-state index in [1.807, 2.05) is 0 Å². The maximum absolute atomic E-state index is 12.0. The van der Waals surface area contributed by atoms with Crippen LogP contribution in [0.1, 0.15) is 10.4 Å². The van der Waals surface area contributed by atoms with E-state index >= 15 is 0 Å². The largest absolute Gasteiger partial charge is 0.452 e. The number of nitrogens with zero attached hydrogens (tertiary/aromatic N) is 3. The van der Waals surface area contributed by atoms with Crippen molar-refractivity contribution in [2.45, 2.75) is 0 Å². The number of hydrogen-bond donors (Lipinski definition) is 1. The molecule has 1 N–H and O–H groups in total. The molecule has 0 aliphatic rings. The quantitative estimate of drug-likeness (QED) is 0.665. The fourth-order valence-electron chi connectivity index (χ4n) is 2.04. The van der Waals surface area contributed by atoms with Crippen LogP contribution in [0.15, 0.2) is 65.7 Å². The summed E-state index contributed by atoms with van der Waals surface area (Å²) in [6, 6.07) is 13.7. The summed E-state index contributed by atoms with van der Waals surface area (Å²) in [7, 11) is 0. The molecule has 0 fully saturated rings. The lowest BCUT2D eigenvalue weighted by Crippen LogP contribution is -2.20. The Hall–Kier alpha value is -3.00. The number of ether oxygens (including phenoxy) is 1. The van der Waals surface area contributed by atoms with E-state index in [9.17, 15) is 9.59 Å². The third kappa shape index (κ3) is 4.51. The van der Waals surface area contributed by atoms with Crippen LogP contribution in [0.2, 0.25) is 0 Å². The lowest BCUT2D eigenvalue weighted by atomic mass is 10.2. The molecular formula is C17H13BrN4O3. The van der Waals surface area contributed by atoms with Crippen LogP contribution in [0, 0.1) is 0 Å². The summed E-state index contributed by atoms with van der Waals surface area (Å²) in [5.74, 6) is -0.981. The monoisotopic (exact) mass is 400 g/mol. The Balaban J connectivity index is 1.53. The first-order valence-corrected chi connectivity index (χ1v) is 8.09. The molecule has 0 atom stereocenters. The molecule has 3 rings (SSSR count). The van der Waals surface area contributed by atoms with Gasteiger partial charge < -0.3 is 10.1 Å². The number of nitrogens with one attached hydrogen (secondary N) is 1. The first kappa shape index (κ1) is 16.8. The van der Waals surface area contributed by atoms with Gasteiger partial charge in [-0.15, -0.1) is 0 Å². The van der Waals surface area contributed by atoms with E-state index in [1.54, 1.807) is 59.5 Å². The fraction of sp³-hybridized carbons (Fsp3) is 0.0588. The molecular weight excluding hydrogens is 388 g/mol. The highest BCUT2D eigenvalue weighted by molar-refractivity contribution is 9.10. The standard InChI is InChI=1S/C17H13BrN4O3/c18-13-3-5-14(6-4-13)21-16(23)9-25-17(24)12-1-7-15(8-2-12)22-11-19-10-20-22/h1-8,10-11H,9H2,(H,21,23). The Bertz CT molecular complexity index is 862. The van der Waals surface area contributed by atoms with Crippen LogP contribution in [0.25, 0.3) is 5.69 Å². The molecule has 0 radical (unpaired) electrons. The Morgan fingerprint density at radius 3 is 2.44 bits per heavy atom. The van der Waals surface area contributed by atoms with Crippen molar-refractivity contribution in [2.75, 3.05) is 11.9 Å². The van der Waals surface area contributed by atoms with Crippen LogP contribution in [-0.4, -0.2) is 33.2 Å². The van der Waals surface area contributed by atoms with Crippen molar-refractivity contribution < 1.29 is 14.3 Å². The fourth-order valence-corrected chi connectivity index (χ4v) is 2.30. The number of aromatic nitrogens is 3. The van der Waals surface area contributed by atoms with Gasteiger partial charge in [0.2, 0.25) is 0 Å². The van der Waals surface area contributed by atoms with Crippen LogP contribution < -0.4 is 5.32 Å². The zero-order valence-electron chi connectivity index (χ0n) is 12.9. The molecule has 0 aliphatic carbocycles. The van der Waals surface area contributed by atoms with Gasteiger partial charge in [0.15, 0.2) is 6.61 Å². The van der Waals surface area contributed by atoms with Crippen molar-refractivity contribution in [2.24, 2.45) is 0 Å². The third-order valence-corrected chi connectivity index (χ3v) is 3.78. The predicted octanol–water partition coefficient (Wildman–Crippen LogP) is 2.83. The number of esters is 1. The van der Waals surface area contributed by atoms with Gasteiger partial charge in [-0.05, 0) is 48.5 Å². The maximum Gasteiger partial charge on any atom is 0.338 e. The van der Waals surface area contributed by atoms with Crippen molar-refractivity contribution in [3.63, 3.8) is 0 Å². The van der Waals surface area contributed by atoms with E-state index in [0.29, 0.717) is 11.3 Å². The minimum atomic E-state index is -0.573. The van der Waals surface area contributed by atoms with E-state index in [2.05, 4.69) is 31.3 Å². The molecule has 126 valence electrons. The average Bonchev–Trinajstić information content (AvgIpc) is 3.16. The van der Waals surface area contributed by atoms with Gasteiger partial charge in [-0.1, -0.05) is 15.9 Å². The number of benzene rings is 2. The van der Waals surface area contributed by atoms with Gasteiger partial charge in [-0.2, -0.15) is 5.10 Å². The molecule has 1 heterocycles. The number of halogens is 1. The van der Waals surface area contributed by atoms with Gasteiger partial charge in [0.1, 0.15) is 12.7 Å². The second kappa shape index (κ2) is 7.71. The van der Waals surface area contributed by atoms with E-state index in [0.717, 1.165) is 10.2 Å². The van der Waals surface area contributed by atoms with Gasteiger partial charge in [0.05, 0.1) is 11.3 Å². The smallest absolute Gasteiger partial charge is 0.338 e. The number of amides is 1. The van der Waals surface area contributed by atoms with Crippen LogP contribution in [0.3, 0.4) is 0 Å². The van der Waals surface area contributed by atoms with Gasteiger partial charge in [0, 0.05) is 10.2 Å². The minimum Gasteiger partial charge on any atom is -0.452 e. The van der Waals surface area contributed by atoms with Gasteiger partial charge in [-0.3, -0.25) is 4.79 Å². The molecule has 7 nitrogen and oxygen atoms in total. The first-order chi connectivity index (χ1) is 12.1. The maximum atomic E-state index is 12.0. The highest BCUT2D eigenvalue weighted by Crippen LogP contribution is 2.14. The summed E-state index contributed by atoms with van der Waals surface area (Å²) in [4.78, 5) is 27.7. The van der Waals surface area contributed by atoms with E-state index < -0.39 is 11.9 Å². The average molecular weight is 401 g/mol. The second-order valence-electron chi connectivity index (χ2n) is 5.02. The Morgan fingerprint density at radius 2 is 1.80 bits per heavy atom. The number of carbonyl (C=O) groups excluding carboxylic acids is 2. The van der Waals surface area contributed by atoms with E-state index in [1.165, 1.54) is 6.33 Å². The van der Waals surface area contributed by atoms with Crippen molar-refractivity contribution >= 4 is 33.5 Å². The van der Waals surface area contributed by atoms with Crippen molar-refractivity contribution in [3.8, 4) is 5.69 Å². The van der Waals surface area contributed by atoms with Crippen LogP contribution in [0.4, 0.5) is 5.69 Å². The van der Waals surface area contributed by atoms with Crippen molar-refractivity contribution in [1.82, 2.24) is 14.8 Å². The first-order valence-electron chi connectivity index (χ1n) is 7.29. The summed E-state index contributed by atoms with van der Waals surface area (Å²) < 4.78 is 7.50. The molecule has 1 aromatic heterocycles. The number of hydrogen-bond acceptors (Lipinski definition) is 5. The van der Waals surface area contributed by atoms with Crippen molar-refractivity contribution in [3.05, 3.63) is 71.2 Å². The summed E-state index contributed by atoms with van der Waals surface area (Å²) in [5, 5.41) is 6.65. The zero-order chi connectivity index (χ0) is 17.6. The summed E-state index contributed by atoms with van der Waals surface area (Å²) in [5.41, 5.74) is 1.74. The van der Waals surface area contributed by atoms with Crippen LogP contribution >= 0.6 is 15.9 Å². The second-order valence-corrected chi connectivity index (χ2v) is 5.93. The highest BCUT2D eigenvalue weighted by Gasteiger charge is 2.11. The topological polar surface area (TPSA) is 86.1 Å². The lowest BCUT2D eigenvalue weighted by Gasteiger charge is -2.07. The van der Waals surface area contributed by atoms with E-state index in [4.69, 9.17) is 4.74 Å². The molecule has 0 saturated carbocycles. The van der Waals surface area contributed by atoms with Crippen LogP contribution in [-0.2, 0) is 9.53 Å². The molecule has 25 heavy (non-hydrogen) atoms. The predicted molar refractivity (Wildman–Crippen MR) is 94.4 cm³/mol. The Kier molecular flexibility index (Phi) is 5.20. The molecule has 0 saturated heterocycles. The minimum absolute atomic E-state index is 0.348. The number of carbonyl (C=O) groups is 2. The molecule has 0 spiro atoms. The molecule has 3 aromatic rings. The lowest BCUT2D eigenvalue weighted by molar-refractivity contribution is -0.119. The van der Waals surface area contributed by atoms with Crippen molar-refractivity contribution in [1.29, 1.82) is 0 Å². The zero-order valence-corrected chi connectivity index (χ0v) is 14.5. The highest BCUT2D eigenvalue weighted by atomic mass is 79.9. The molecule has 0 aliphatic heterocycles. The molecule has 0 unspecified atom stereocenters. The normalized spacial score (nSPS) is 10.3. The van der Waals surface area contributed by atoms with E-state index in [-0.39, 0.29) is 6.61 Å². The van der Waals surface area contributed by atoms with Gasteiger partial charge in [0.25, 0.3) is 5.91 Å². The number of anilines is 1. The van der Waals surface area contributed by atoms with Crippen LogP contribution in [0.5, 0.6) is 0 Å². The van der Waals surface area contributed by atoms with Gasteiger partial charge in [-0.25, -0.2) is 14.5 Å². The molecule has 2 aromatic carbocycles. The SMILES string of the molecule is O=C(COC(=O)c1ccc(-n2cncn2)cc1)Nc1ccc(Br)cc1. The van der Waals surface area contributed by atoms with Gasteiger partial charge >= 0.3 is 5.97 Å². The summed E-state index contributed by atoms with van der Waals surface area (Å²) in [6.45, 7) is -0.361. The molecule has 0 bridgehead atoms.